The van der Waals surface area contributed by atoms with Gasteiger partial charge in [-0.05, 0) is 70.6 Å². The molecule has 0 amide bonds. The second kappa shape index (κ2) is 68.1. The van der Waals surface area contributed by atoms with Crippen molar-refractivity contribution in [2.24, 2.45) is 0 Å². The number of ether oxygens (including phenoxy) is 3. The Bertz CT molecular complexity index is 1320. The van der Waals surface area contributed by atoms with Crippen molar-refractivity contribution >= 4 is 17.9 Å². The fourth-order valence-corrected chi connectivity index (χ4v) is 10.8. The van der Waals surface area contributed by atoms with Crippen molar-refractivity contribution in [1.29, 1.82) is 0 Å². The van der Waals surface area contributed by atoms with Crippen LogP contribution in [0, 0.1) is 0 Å². The molecule has 0 radical (unpaired) electrons. The average molecular weight is 1110 g/mol. The average Bonchev–Trinajstić information content (AvgIpc) is 3.45. The van der Waals surface area contributed by atoms with Gasteiger partial charge in [-0.25, -0.2) is 0 Å². The van der Waals surface area contributed by atoms with Crippen molar-refractivity contribution in [3.8, 4) is 0 Å². The normalized spacial score (nSPS) is 12.2. The monoisotopic (exact) mass is 1110 g/mol. The minimum Gasteiger partial charge on any atom is -0.462 e. The lowest BCUT2D eigenvalue weighted by atomic mass is 10.0. The van der Waals surface area contributed by atoms with E-state index >= 15 is 0 Å². The summed E-state index contributed by atoms with van der Waals surface area (Å²) >= 11 is 0. The van der Waals surface area contributed by atoms with E-state index in [2.05, 4.69) is 57.2 Å². The molecule has 1 unspecified atom stereocenters. The Labute approximate surface area is 493 Å². The van der Waals surface area contributed by atoms with Crippen LogP contribution in [0.25, 0.3) is 0 Å². The molecule has 0 saturated carbocycles. The van der Waals surface area contributed by atoms with Gasteiger partial charge in [-0.2, -0.15) is 0 Å². The van der Waals surface area contributed by atoms with Crippen LogP contribution in [0.5, 0.6) is 0 Å². The number of unbranched alkanes of at least 4 members (excludes halogenated alkanes) is 49. The molecule has 0 heterocycles. The van der Waals surface area contributed by atoms with Gasteiger partial charge in [0.2, 0.25) is 0 Å². The highest BCUT2D eigenvalue weighted by Crippen LogP contribution is 2.19. The van der Waals surface area contributed by atoms with Gasteiger partial charge in [0, 0.05) is 19.3 Å². The Morgan fingerprint density at radius 2 is 0.481 bits per heavy atom. The molecule has 464 valence electrons. The molecule has 79 heavy (non-hydrogen) atoms. The molecule has 0 aromatic rings. The highest BCUT2D eigenvalue weighted by Gasteiger charge is 2.19. The maximum Gasteiger partial charge on any atom is 0.306 e. The van der Waals surface area contributed by atoms with E-state index in [-0.39, 0.29) is 31.1 Å². The summed E-state index contributed by atoms with van der Waals surface area (Å²) in [5, 5.41) is 0. The topological polar surface area (TPSA) is 78.9 Å². The predicted octanol–water partition coefficient (Wildman–Crippen LogP) is 24.3. The lowest BCUT2D eigenvalue weighted by Gasteiger charge is -2.18. The highest BCUT2D eigenvalue weighted by molar-refractivity contribution is 5.71. The molecular formula is C73H136O6. The zero-order chi connectivity index (χ0) is 57.1. The highest BCUT2D eigenvalue weighted by atomic mass is 16.6. The zero-order valence-corrected chi connectivity index (χ0v) is 53.4. The first kappa shape index (κ1) is 76.6. The van der Waals surface area contributed by atoms with E-state index in [0.717, 1.165) is 77.0 Å². The third-order valence-electron chi connectivity index (χ3n) is 16.1. The van der Waals surface area contributed by atoms with Crippen LogP contribution in [-0.4, -0.2) is 37.2 Å². The van der Waals surface area contributed by atoms with Gasteiger partial charge in [0.1, 0.15) is 13.2 Å². The largest absolute Gasteiger partial charge is 0.462 e. The molecule has 6 heteroatoms. The molecule has 0 aromatic carbocycles. The Hall–Kier alpha value is -2.37. The van der Waals surface area contributed by atoms with Crippen LogP contribution < -0.4 is 0 Å². The SMILES string of the molecule is CCC/C=C\CCCCCCCC(=O)OCC(COC(=O)CCCCCCCCCCCCCCCCCCCCCCCCC/C=C\C/C=C\CCCCCCC)OC(=O)CCCCCCCCCCCCCCCCCC. The zero-order valence-electron chi connectivity index (χ0n) is 53.4. The molecule has 1 atom stereocenters. The lowest BCUT2D eigenvalue weighted by Crippen LogP contribution is -2.30. The van der Waals surface area contributed by atoms with Crippen LogP contribution >= 0.6 is 0 Å². The predicted molar refractivity (Wildman–Crippen MR) is 344 cm³/mol. The van der Waals surface area contributed by atoms with E-state index in [1.165, 1.54) is 276 Å². The first-order valence-corrected chi connectivity index (χ1v) is 35.5. The molecule has 0 aliphatic heterocycles. The Morgan fingerprint density at radius 1 is 0.253 bits per heavy atom. The summed E-state index contributed by atoms with van der Waals surface area (Å²) in [4.78, 5) is 38.2. The van der Waals surface area contributed by atoms with Crippen molar-refractivity contribution < 1.29 is 28.6 Å². The standard InChI is InChI=1S/C73H136O6/c1-4-7-10-13-16-19-22-24-26-28-29-30-31-32-33-34-35-36-37-38-39-40-41-42-43-44-45-46-48-49-51-54-57-60-63-66-72(75)78-69-70(68-77-71(74)65-62-59-56-53-21-18-15-12-9-6-3)79-73(76)67-64-61-58-55-52-50-47-27-25-23-20-17-14-11-8-5-2/h12,15,22,24,28-29,70H,4-11,13-14,16-21,23,25-27,30-69H2,1-3H3/b15-12-,24-22-,29-28-. The van der Waals surface area contributed by atoms with Crippen LogP contribution in [0.1, 0.15) is 393 Å². The summed E-state index contributed by atoms with van der Waals surface area (Å²) in [6.07, 6.45) is 84.9. The van der Waals surface area contributed by atoms with E-state index < -0.39 is 6.10 Å². The molecule has 0 aliphatic carbocycles. The molecule has 0 fully saturated rings. The van der Waals surface area contributed by atoms with Crippen LogP contribution in [0.3, 0.4) is 0 Å². The van der Waals surface area contributed by atoms with E-state index in [4.69, 9.17) is 14.2 Å². The van der Waals surface area contributed by atoms with Crippen molar-refractivity contribution in [2.45, 2.75) is 399 Å². The number of hydrogen-bond acceptors (Lipinski definition) is 6. The lowest BCUT2D eigenvalue weighted by molar-refractivity contribution is -0.167. The van der Waals surface area contributed by atoms with Gasteiger partial charge in [0.25, 0.3) is 0 Å². The smallest absolute Gasteiger partial charge is 0.306 e. The summed E-state index contributed by atoms with van der Waals surface area (Å²) in [7, 11) is 0. The fourth-order valence-electron chi connectivity index (χ4n) is 10.8. The number of carbonyl (C=O) groups is 3. The summed E-state index contributed by atoms with van der Waals surface area (Å²) in [6, 6.07) is 0. The molecule has 0 rings (SSSR count). The van der Waals surface area contributed by atoms with Crippen molar-refractivity contribution in [2.75, 3.05) is 13.2 Å². The molecular weight excluding hydrogens is 973 g/mol. The minimum absolute atomic E-state index is 0.0684. The van der Waals surface area contributed by atoms with E-state index in [9.17, 15) is 14.4 Å². The number of carbonyl (C=O) groups excluding carboxylic acids is 3. The maximum absolute atomic E-state index is 12.9. The van der Waals surface area contributed by atoms with Crippen LogP contribution in [-0.2, 0) is 28.6 Å². The quantitative estimate of drug-likeness (QED) is 0.0261. The molecule has 0 bridgehead atoms. The van der Waals surface area contributed by atoms with E-state index in [0.29, 0.717) is 19.3 Å². The number of esters is 3. The maximum atomic E-state index is 12.9. The van der Waals surface area contributed by atoms with Gasteiger partial charge in [0.05, 0.1) is 0 Å². The number of allylic oxidation sites excluding steroid dienone is 6. The fraction of sp³-hybridized carbons (Fsp3) is 0.877. The first-order valence-electron chi connectivity index (χ1n) is 35.5. The van der Waals surface area contributed by atoms with E-state index in [1.807, 2.05) is 0 Å². The molecule has 0 aliphatic rings. The van der Waals surface area contributed by atoms with Gasteiger partial charge in [-0.15, -0.1) is 0 Å². The van der Waals surface area contributed by atoms with Gasteiger partial charge in [0.15, 0.2) is 6.10 Å². The number of hydrogen-bond donors (Lipinski definition) is 0. The Kier molecular flexibility index (Phi) is 66.1. The van der Waals surface area contributed by atoms with Crippen molar-refractivity contribution in [3.63, 3.8) is 0 Å². The number of rotatable bonds is 66. The van der Waals surface area contributed by atoms with Gasteiger partial charge in [-0.1, -0.05) is 340 Å². The molecule has 0 aromatic heterocycles. The Balaban J connectivity index is 3.99. The van der Waals surface area contributed by atoms with Gasteiger partial charge in [-0.3, -0.25) is 14.4 Å². The molecule has 6 nitrogen and oxygen atoms in total. The van der Waals surface area contributed by atoms with Gasteiger partial charge < -0.3 is 14.2 Å². The van der Waals surface area contributed by atoms with Crippen LogP contribution in [0.4, 0.5) is 0 Å². The third-order valence-corrected chi connectivity index (χ3v) is 16.1. The summed E-state index contributed by atoms with van der Waals surface area (Å²) in [5.74, 6) is -0.853. The van der Waals surface area contributed by atoms with E-state index in [1.54, 1.807) is 0 Å². The van der Waals surface area contributed by atoms with Crippen molar-refractivity contribution in [1.82, 2.24) is 0 Å². The third kappa shape index (κ3) is 66.3. The van der Waals surface area contributed by atoms with Crippen LogP contribution in [0.15, 0.2) is 36.5 Å². The van der Waals surface area contributed by atoms with Gasteiger partial charge >= 0.3 is 17.9 Å². The molecule has 0 saturated heterocycles. The second-order valence-corrected chi connectivity index (χ2v) is 24.1. The van der Waals surface area contributed by atoms with Crippen LogP contribution in [0.2, 0.25) is 0 Å². The Morgan fingerprint density at radius 3 is 0.759 bits per heavy atom. The minimum atomic E-state index is -0.770. The summed E-state index contributed by atoms with van der Waals surface area (Å²) in [6.45, 7) is 6.63. The second-order valence-electron chi connectivity index (χ2n) is 24.1. The first-order chi connectivity index (χ1) is 39.0. The summed E-state index contributed by atoms with van der Waals surface area (Å²) < 4.78 is 16.9. The van der Waals surface area contributed by atoms with Crippen molar-refractivity contribution in [3.05, 3.63) is 36.5 Å². The molecule has 0 spiro atoms. The molecule has 0 N–H and O–H groups in total. The summed E-state index contributed by atoms with van der Waals surface area (Å²) in [5.41, 5.74) is 0.